The molecule has 0 radical (unpaired) electrons. The number of halogens is 1. The summed E-state index contributed by atoms with van der Waals surface area (Å²) in [4.78, 5) is 23.4. The molecular formula is C22H21FN4O2S. The molecule has 0 atom stereocenters. The van der Waals surface area contributed by atoms with Crippen LogP contribution in [0.25, 0.3) is 10.2 Å². The molecule has 8 heteroatoms. The third-order valence-electron chi connectivity index (χ3n) is 4.67. The Labute approximate surface area is 177 Å². The maximum atomic E-state index is 13.1. The lowest BCUT2D eigenvalue weighted by Gasteiger charge is -2.20. The number of hydrogen-bond donors (Lipinski definition) is 0. The van der Waals surface area contributed by atoms with E-state index >= 15 is 0 Å². The Morgan fingerprint density at radius 2 is 2.07 bits per heavy atom. The van der Waals surface area contributed by atoms with Crippen molar-refractivity contribution in [3.8, 4) is 5.75 Å². The topological polar surface area (TPSA) is 60.2 Å². The van der Waals surface area contributed by atoms with Crippen molar-refractivity contribution in [2.24, 2.45) is 0 Å². The number of nitrogens with zero attached hydrogens (tertiary/aromatic N) is 4. The van der Waals surface area contributed by atoms with Crippen LogP contribution in [0.2, 0.25) is 0 Å². The fourth-order valence-electron chi connectivity index (χ4n) is 3.10. The molecule has 30 heavy (non-hydrogen) atoms. The highest BCUT2D eigenvalue weighted by Crippen LogP contribution is 2.31. The number of imidazole rings is 1. The van der Waals surface area contributed by atoms with Gasteiger partial charge < -0.3 is 9.30 Å². The first kappa shape index (κ1) is 20.0. The summed E-state index contributed by atoms with van der Waals surface area (Å²) in [6, 6.07) is 11.6. The Morgan fingerprint density at radius 3 is 2.80 bits per heavy atom. The number of thiazole rings is 1. The summed E-state index contributed by atoms with van der Waals surface area (Å²) >= 11 is 1.49. The summed E-state index contributed by atoms with van der Waals surface area (Å²) in [6.45, 7) is 3.11. The average molecular weight is 425 g/mol. The van der Waals surface area contributed by atoms with Crippen LogP contribution in [0.1, 0.15) is 12.0 Å². The molecule has 2 aromatic heterocycles. The molecule has 6 nitrogen and oxygen atoms in total. The number of ether oxygens (including phenoxy) is 1. The van der Waals surface area contributed by atoms with Crippen LogP contribution in [0.5, 0.6) is 5.75 Å². The normalized spacial score (nSPS) is 11.0. The van der Waals surface area contributed by atoms with E-state index < -0.39 is 0 Å². The molecule has 0 aliphatic carbocycles. The molecule has 0 spiro atoms. The molecule has 0 N–H and O–H groups in total. The zero-order valence-electron chi connectivity index (χ0n) is 16.5. The molecule has 4 aromatic rings. The van der Waals surface area contributed by atoms with Gasteiger partial charge in [-0.1, -0.05) is 23.5 Å². The first-order valence-corrected chi connectivity index (χ1v) is 10.4. The van der Waals surface area contributed by atoms with Crippen molar-refractivity contribution in [1.82, 2.24) is 14.5 Å². The lowest BCUT2D eigenvalue weighted by molar-refractivity contribution is -0.120. The first-order chi connectivity index (χ1) is 14.6. The molecule has 0 bridgehead atoms. The van der Waals surface area contributed by atoms with Crippen molar-refractivity contribution in [3.05, 3.63) is 72.6 Å². The standard InChI is InChI=1S/C22H21FN4O2S/c1-16-4-2-5-19-21(16)25-22(30-19)27(12-3-11-26-13-10-24-15-26)20(28)14-29-18-8-6-17(23)7-9-18/h2,4-10,13,15H,3,11-12,14H2,1H3. The Morgan fingerprint density at radius 1 is 1.23 bits per heavy atom. The number of hydrogen-bond acceptors (Lipinski definition) is 5. The number of aryl methyl sites for hydroxylation is 2. The summed E-state index contributed by atoms with van der Waals surface area (Å²) in [5.41, 5.74) is 1.98. The molecule has 2 heterocycles. The van der Waals surface area contributed by atoms with E-state index in [2.05, 4.69) is 4.98 Å². The second-order valence-corrected chi connectivity index (χ2v) is 7.87. The van der Waals surface area contributed by atoms with Crippen molar-refractivity contribution in [3.63, 3.8) is 0 Å². The number of aromatic nitrogens is 3. The van der Waals surface area contributed by atoms with Gasteiger partial charge in [0.05, 0.1) is 16.5 Å². The van der Waals surface area contributed by atoms with Crippen LogP contribution in [-0.2, 0) is 11.3 Å². The van der Waals surface area contributed by atoms with Crippen LogP contribution in [-0.4, -0.2) is 33.6 Å². The predicted molar refractivity (Wildman–Crippen MR) is 115 cm³/mol. The molecule has 4 rings (SSSR count). The number of carbonyl (C=O) groups is 1. The van der Waals surface area contributed by atoms with Gasteiger partial charge in [0.15, 0.2) is 11.7 Å². The average Bonchev–Trinajstić information content (AvgIpc) is 3.41. The predicted octanol–water partition coefficient (Wildman–Crippen LogP) is 4.44. The summed E-state index contributed by atoms with van der Waals surface area (Å²) < 4.78 is 21.7. The van der Waals surface area contributed by atoms with Gasteiger partial charge in [0.1, 0.15) is 11.6 Å². The molecule has 0 aliphatic heterocycles. The van der Waals surface area contributed by atoms with Crippen molar-refractivity contribution in [2.75, 3.05) is 18.1 Å². The number of para-hydroxylation sites is 1. The van der Waals surface area contributed by atoms with Gasteiger partial charge in [-0.05, 0) is 49.2 Å². The van der Waals surface area contributed by atoms with Crippen LogP contribution in [0.3, 0.4) is 0 Å². The smallest absolute Gasteiger partial charge is 0.266 e. The number of benzene rings is 2. The van der Waals surface area contributed by atoms with E-state index in [4.69, 9.17) is 9.72 Å². The zero-order chi connectivity index (χ0) is 20.9. The molecule has 2 aromatic carbocycles. The van der Waals surface area contributed by atoms with Crippen LogP contribution >= 0.6 is 11.3 Å². The molecule has 0 unspecified atom stereocenters. The van der Waals surface area contributed by atoms with Crippen LogP contribution in [0.4, 0.5) is 9.52 Å². The monoisotopic (exact) mass is 424 g/mol. The van der Waals surface area contributed by atoms with Gasteiger partial charge in [-0.15, -0.1) is 0 Å². The van der Waals surface area contributed by atoms with E-state index in [0.29, 0.717) is 17.4 Å². The van der Waals surface area contributed by atoms with E-state index in [1.54, 1.807) is 17.4 Å². The summed E-state index contributed by atoms with van der Waals surface area (Å²) in [5, 5.41) is 0.651. The number of fused-ring (bicyclic) bond motifs is 1. The summed E-state index contributed by atoms with van der Waals surface area (Å²) in [6.07, 6.45) is 6.12. The minimum atomic E-state index is -0.348. The molecule has 0 fully saturated rings. The Bertz CT molecular complexity index is 1130. The molecule has 154 valence electrons. The highest BCUT2D eigenvalue weighted by molar-refractivity contribution is 7.22. The van der Waals surface area contributed by atoms with Gasteiger partial charge >= 0.3 is 0 Å². The third-order valence-corrected chi connectivity index (χ3v) is 5.72. The SMILES string of the molecule is Cc1cccc2sc(N(CCCn3ccnc3)C(=O)COc3ccc(F)cc3)nc12. The first-order valence-electron chi connectivity index (χ1n) is 9.61. The van der Waals surface area contributed by atoms with Crippen LogP contribution < -0.4 is 9.64 Å². The van der Waals surface area contributed by atoms with Crippen molar-refractivity contribution in [1.29, 1.82) is 0 Å². The highest BCUT2D eigenvalue weighted by Gasteiger charge is 2.20. The number of amides is 1. The molecule has 0 saturated carbocycles. The second-order valence-electron chi connectivity index (χ2n) is 6.86. The number of carbonyl (C=O) groups excluding carboxylic acids is 1. The molecule has 0 saturated heterocycles. The fourth-order valence-corrected chi connectivity index (χ4v) is 4.19. The van der Waals surface area contributed by atoms with Gasteiger partial charge in [-0.3, -0.25) is 9.69 Å². The number of rotatable bonds is 8. The van der Waals surface area contributed by atoms with E-state index in [1.165, 1.54) is 35.6 Å². The Balaban J connectivity index is 1.51. The van der Waals surface area contributed by atoms with Gasteiger partial charge in [0.2, 0.25) is 0 Å². The van der Waals surface area contributed by atoms with E-state index in [1.807, 2.05) is 35.9 Å². The lowest BCUT2D eigenvalue weighted by atomic mass is 10.2. The van der Waals surface area contributed by atoms with Crippen LogP contribution in [0, 0.1) is 12.7 Å². The zero-order valence-corrected chi connectivity index (χ0v) is 17.3. The van der Waals surface area contributed by atoms with Crippen molar-refractivity contribution < 1.29 is 13.9 Å². The Hall–Kier alpha value is -3.26. The number of anilines is 1. The molecule has 1 amide bonds. The van der Waals surface area contributed by atoms with Crippen molar-refractivity contribution in [2.45, 2.75) is 19.9 Å². The van der Waals surface area contributed by atoms with Gasteiger partial charge in [-0.2, -0.15) is 0 Å². The Kier molecular flexibility index (Phi) is 6.04. The van der Waals surface area contributed by atoms with Gasteiger partial charge in [-0.25, -0.2) is 14.4 Å². The minimum Gasteiger partial charge on any atom is -0.484 e. The summed E-state index contributed by atoms with van der Waals surface area (Å²) in [7, 11) is 0. The van der Waals surface area contributed by atoms with Gasteiger partial charge in [0, 0.05) is 25.5 Å². The van der Waals surface area contributed by atoms with E-state index in [9.17, 15) is 9.18 Å². The minimum absolute atomic E-state index is 0.147. The van der Waals surface area contributed by atoms with E-state index in [0.717, 1.165) is 28.7 Å². The van der Waals surface area contributed by atoms with Crippen LogP contribution in [0.15, 0.2) is 61.2 Å². The van der Waals surface area contributed by atoms with E-state index in [-0.39, 0.29) is 18.3 Å². The lowest BCUT2D eigenvalue weighted by Crippen LogP contribution is -2.36. The fraction of sp³-hybridized carbons (Fsp3) is 0.227. The maximum absolute atomic E-state index is 13.1. The summed E-state index contributed by atoms with van der Waals surface area (Å²) in [5.74, 6) is -0.0930. The highest BCUT2D eigenvalue weighted by atomic mass is 32.1. The molecule has 0 aliphatic rings. The largest absolute Gasteiger partial charge is 0.484 e. The second kappa shape index (κ2) is 9.04. The van der Waals surface area contributed by atoms with Crippen molar-refractivity contribution >= 4 is 32.6 Å². The molecular weight excluding hydrogens is 403 g/mol. The quantitative estimate of drug-likeness (QED) is 0.420. The third kappa shape index (κ3) is 4.65. The maximum Gasteiger partial charge on any atom is 0.266 e. The van der Waals surface area contributed by atoms with Gasteiger partial charge in [0.25, 0.3) is 5.91 Å².